The molecule has 0 aliphatic carbocycles. The molecule has 0 spiro atoms. The highest BCUT2D eigenvalue weighted by Crippen LogP contribution is 2.24. The van der Waals surface area contributed by atoms with Gasteiger partial charge in [-0.25, -0.2) is 4.79 Å². The van der Waals surface area contributed by atoms with Gasteiger partial charge in [0.25, 0.3) is 5.91 Å². The molecule has 0 radical (unpaired) electrons. The quantitative estimate of drug-likeness (QED) is 0.798. The first kappa shape index (κ1) is 18.6. The van der Waals surface area contributed by atoms with E-state index in [1.54, 1.807) is 25.3 Å². The number of hydrogen-bond acceptors (Lipinski definition) is 5. The third kappa shape index (κ3) is 4.42. The first-order valence-electron chi connectivity index (χ1n) is 7.37. The van der Waals surface area contributed by atoms with E-state index in [9.17, 15) is 9.59 Å². The first-order chi connectivity index (χ1) is 12.0. The van der Waals surface area contributed by atoms with Crippen LogP contribution in [0.2, 0.25) is 5.02 Å². The van der Waals surface area contributed by atoms with Crippen LogP contribution in [0.15, 0.2) is 36.4 Å². The number of carbonyl (C=O) groups excluding carboxylic acids is 2. The van der Waals surface area contributed by atoms with Gasteiger partial charge in [-0.1, -0.05) is 11.6 Å². The molecule has 132 valence electrons. The minimum absolute atomic E-state index is 0.145. The van der Waals surface area contributed by atoms with Crippen molar-refractivity contribution in [3.8, 4) is 11.5 Å². The number of carbonyl (C=O) groups is 2. The van der Waals surface area contributed by atoms with Gasteiger partial charge in [-0.15, -0.1) is 0 Å². The lowest BCUT2D eigenvalue weighted by Crippen LogP contribution is -2.25. The fourth-order valence-electron chi connectivity index (χ4n) is 2.26. The van der Waals surface area contributed by atoms with Gasteiger partial charge in [0.15, 0.2) is 0 Å². The van der Waals surface area contributed by atoms with Gasteiger partial charge in [0.05, 0.1) is 32.5 Å². The molecule has 0 aliphatic rings. The molecular formula is C18H18ClNO5. The number of methoxy groups -OCH3 is 3. The number of ether oxygens (including phenoxy) is 3. The molecule has 2 aromatic carbocycles. The predicted octanol–water partition coefficient (Wildman–Crippen LogP) is 3.07. The average molecular weight is 364 g/mol. The Morgan fingerprint density at radius 3 is 2.40 bits per heavy atom. The summed E-state index contributed by atoms with van der Waals surface area (Å²) in [5, 5.41) is 3.09. The molecule has 2 rings (SSSR count). The summed E-state index contributed by atoms with van der Waals surface area (Å²) in [6.45, 7) is 0.207. The van der Waals surface area contributed by atoms with Crippen molar-refractivity contribution in [3.63, 3.8) is 0 Å². The van der Waals surface area contributed by atoms with Crippen molar-refractivity contribution in [3.05, 3.63) is 58.1 Å². The summed E-state index contributed by atoms with van der Waals surface area (Å²) in [7, 11) is 4.34. The van der Waals surface area contributed by atoms with Crippen LogP contribution in [0, 0.1) is 0 Å². The standard InChI is InChI=1S/C18H18ClNO5/c1-23-13-6-4-11(16(9-13)24-2)10-20-17(21)15-8-12(19)5-7-14(15)18(22)25-3/h4-9H,10H2,1-3H3,(H,20,21). The van der Waals surface area contributed by atoms with E-state index in [0.29, 0.717) is 16.5 Å². The van der Waals surface area contributed by atoms with E-state index in [1.165, 1.54) is 32.4 Å². The van der Waals surface area contributed by atoms with Crippen molar-refractivity contribution in [2.75, 3.05) is 21.3 Å². The van der Waals surface area contributed by atoms with Crippen LogP contribution in [0.4, 0.5) is 0 Å². The topological polar surface area (TPSA) is 73.9 Å². The van der Waals surface area contributed by atoms with Crippen molar-refractivity contribution in [1.82, 2.24) is 5.32 Å². The minimum Gasteiger partial charge on any atom is -0.497 e. The number of amides is 1. The predicted molar refractivity (Wildman–Crippen MR) is 93.5 cm³/mol. The second-order valence-electron chi connectivity index (χ2n) is 5.04. The zero-order valence-electron chi connectivity index (χ0n) is 14.1. The Morgan fingerprint density at radius 2 is 1.76 bits per heavy atom. The number of benzene rings is 2. The molecule has 1 N–H and O–H groups in total. The van der Waals surface area contributed by atoms with E-state index >= 15 is 0 Å². The van der Waals surface area contributed by atoms with E-state index < -0.39 is 11.9 Å². The van der Waals surface area contributed by atoms with Crippen molar-refractivity contribution >= 4 is 23.5 Å². The molecule has 0 aromatic heterocycles. The van der Waals surface area contributed by atoms with Gasteiger partial charge in [-0.05, 0) is 30.3 Å². The SMILES string of the molecule is COC(=O)c1ccc(Cl)cc1C(=O)NCc1ccc(OC)cc1OC. The fraction of sp³-hybridized carbons (Fsp3) is 0.222. The molecule has 7 heteroatoms. The molecule has 2 aromatic rings. The van der Waals surface area contributed by atoms with E-state index in [-0.39, 0.29) is 17.7 Å². The van der Waals surface area contributed by atoms with Gasteiger partial charge in [-0.2, -0.15) is 0 Å². The van der Waals surface area contributed by atoms with E-state index in [4.69, 9.17) is 25.8 Å². The maximum Gasteiger partial charge on any atom is 0.338 e. The Labute approximate surface area is 150 Å². The smallest absolute Gasteiger partial charge is 0.338 e. The molecule has 0 saturated carbocycles. The Hall–Kier alpha value is -2.73. The summed E-state index contributed by atoms with van der Waals surface area (Å²) in [6.07, 6.45) is 0. The van der Waals surface area contributed by atoms with Gasteiger partial charge in [0, 0.05) is 23.2 Å². The molecule has 25 heavy (non-hydrogen) atoms. The molecule has 0 aliphatic heterocycles. The molecule has 1 amide bonds. The highest BCUT2D eigenvalue weighted by molar-refractivity contribution is 6.31. The number of hydrogen-bond donors (Lipinski definition) is 1. The molecule has 0 heterocycles. The third-order valence-electron chi connectivity index (χ3n) is 3.57. The van der Waals surface area contributed by atoms with Crippen LogP contribution in [-0.4, -0.2) is 33.2 Å². The van der Waals surface area contributed by atoms with Gasteiger partial charge in [0.2, 0.25) is 0 Å². The fourth-order valence-corrected chi connectivity index (χ4v) is 2.43. The summed E-state index contributed by atoms with van der Waals surface area (Å²) in [6, 6.07) is 9.68. The summed E-state index contributed by atoms with van der Waals surface area (Å²) < 4.78 is 15.1. The summed E-state index contributed by atoms with van der Waals surface area (Å²) in [5.41, 5.74) is 1.05. The van der Waals surface area contributed by atoms with Gasteiger partial charge in [0.1, 0.15) is 11.5 Å². The Morgan fingerprint density at radius 1 is 1.00 bits per heavy atom. The van der Waals surface area contributed by atoms with Crippen molar-refractivity contribution in [2.45, 2.75) is 6.54 Å². The molecule has 0 fully saturated rings. The van der Waals surface area contributed by atoms with E-state index in [2.05, 4.69) is 5.32 Å². The summed E-state index contributed by atoms with van der Waals surface area (Å²) in [5.74, 6) is 0.179. The molecule has 0 atom stereocenters. The molecule has 0 unspecified atom stereocenters. The number of rotatable bonds is 6. The van der Waals surface area contributed by atoms with E-state index in [1.807, 2.05) is 0 Å². The maximum absolute atomic E-state index is 12.5. The van der Waals surface area contributed by atoms with Gasteiger partial charge in [-0.3, -0.25) is 4.79 Å². The zero-order chi connectivity index (χ0) is 18.4. The number of esters is 1. The van der Waals surface area contributed by atoms with Crippen molar-refractivity contribution < 1.29 is 23.8 Å². The molecule has 0 saturated heterocycles. The number of nitrogens with one attached hydrogen (secondary N) is 1. The van der Waals surface area contributed by atoms with Crippen LogP contribution in [0.5, 0.6) is 11.5 Å². The highest BCUT2D eigenvalue weighted by Gasteiger charge is 2.18. The zero-order valence-corrected chi connectivity index (χ0v) is 14.8. The van der Waals surface area contributed by atoms with Gasteiger partial charge >= 0.3 is 5.97 Å². The van der Waals surface area contributed by atoms with Crippen LogP contribution in [-0.2, 0) is 11.3 Å². The molecule has 6 nitrogen and oxygen atoms in total. The Kier molecular flexibility index (Phi) is 6.25. The molecular weight excluding hydrogens is 346 g/mol. The van der Waals surface area contributed by atoms with Gasteiger partial charge < -0.3 is 19.5 Å². The normalized spacial score (nSPS) is 10.1. The van der Waals surface area contributed by atoms with Crippen LogP contribution in [0.1, 0.15) is 26.3 Å². The van der Waals surface area contributed by atoms with Crippen LogP contribution in [0.3, 0.4) is 0 Å². The van der Waals surface area contributed by atoms with Crippen LogP contribution >= 0.6 is 11.6 Å². The summed E-state index contributed by atoms with van der Waals surface area (Å²) >= 11 is 5.94. The Balaban J connectivity index is 2.21. The summed E-state index contributed by atoms with van der Waals surface area (Å²) in [4.78, 5) is 24.3. The van der Waals surface area contributed by atoms with Crippen LogP contribution in [0.25, 0.3) is 0 Å². The molecule has 0 bridgehead atoms. The maximum atomic E-state index is 12.5. The second-order valence-corrected chi connectivity index (χ2v) is 5.48. The van der Waals surface area contributed by atoms with Crippen molar-refractivity contribution in [1.29, 1.82) is 0 Å². The lowest BCUT2D eigenvalue weighted by Gasteiger charge is -2.12. The lowest BCUT2D eigenvalue weighted by molar-refractivity contribution is 0.0596. The van der Waals surface area contributed by atoms with E-state index in [0.717, 1.165) is 5.56 Å². The first-order valence-corrected chi connectivity index (χ1v) is 7.75. The second kappa shape index (κ2) is 8.39. The van der Waals surface area contributed by atoms with Crippen molar-refractivity contribution in [2.24, 2.45) is 0 Å². The third-order valence-corrected chi connectivity index (χ3v) is 3.80. The highest BCUT2D eigenvalue weighted by atomic mass is 35.5. The largest absolute Gasteiger partial charge is 0.497 e. The number of halogens is 1. The monoisotopic (exact) mass is 363 g/mol. The minimum atomic E-state index is -0.608. The Bertz CT molecular complexity index is 791. The lowest BCUT2D eigenvalue weighted by atomic mass is 10.1. The van der Waals surface area contributed by atoms with Crippen LogP contribution < -0.4 is 14.8 Å². The average Bonchev–Trinajstić information content (AvgIpc) is 2.65.